The lowest BCUT2D eigenvalue weighted by Gasteiger charge is -2.11. The van der Waals surface area contributed by atoms with Crippen molar-refractivity contribution in [2.45, 2.75) is 6.18 Å². The number of methoxy groups -OCH3 is 1. The minimum atomic E-state index is -4.81. The summed E-state index contributed by atoms with van der Waals surface area (Å²) >= 11 is 0. The van der Waals surface area contributed by atoms with Crippen molar-refractivity contribution in [2.24, 2.45) is 0 Å². The third-order valence-electron chi connectivity index (χ3n) is 2.69. The molecule has 0 heterocycles. The number of hydrogen-bond donors (Lipinski definition) is 0. The van der Waals surface area contributed by atoms with Crippen LogP contribution in [0, 0.1) is 10.1 Å². The van der Waals surface area contributed by atoms with Gasteiger partial charge in [0, 0.05) is 11.5 Å². The van der Waals surface area contributed by atoms with Crippen LogP contribution in [0.5, 0.6) is 5.75 Å². The topological polar surface area (TPSA) is 52.4 Å². The molecule has 100 valence electrons. The minimum absolute atomic E-state index is 0.207. The molecule has 0 spiro atoms. The van der Waals surface area contributed by atoms with Crippen molar-refractivity contribution >= 4 is 16.5 Å². The number of alkyl halides is 3. The molecule has 0 atom stereocenters. The fourth-order valence-corrected chi connectivity index (χ4v) is 1.86. The molecule has 0 aliphatic heterocycles. The molecule has 7 heteroatoms. The molecule has 0 radical (unpaired) electrons. The predicted octanol–water partition coefficient (Wildman–Crippen LogP) is 3.78. The summed E-state index contributed by atoms with van der Waals surface area (Å²) in [6, 6.07) is 6.20. The van der Waals surface area contributed by atoms with E-state index in [4.69, 9.17) is 4.74 Å². The molecule has 0 amide bonds. The Morgan fingerprint density at radius 1 is 1.21 bits per heavy atom. The van der Waals surface area contributed by atoms with Crippen LogP contribution in [0.25, 0.3) is 10.8 Å². The maximum Gasteiger partial charge on any atom is 0.423 e. The first-order chi connectivity index (χ1) is 8.84. The summed E-state index contributed by atoms with van der Waals surface area (Å²) in [5.74, 6) is 0.207. The Morgan fingerprint density at radius 2 is 1.84 bits per heavy atom. The van der Waals surface area contributed by atoms with Crippen molar-refractivity contribution in [3.63, 3.8) is 0 Å². The standard InChI is InChI=1S/C12H8F3NO3/c1-19-8-4-2-7-3-5-10(16(17)18)11(9(7)6-8)12(13,14)15/h2-6H,1H3. The number of benzene rings is 2. The van der Waals surface area contributed by atoms with Crippen molar-refractivity contribution in [3.8, 4) is 5.75 Å². The van der Waals surface area contributed by atoms with E-state index in [1.165, 1.54) is 25.3 Å². The monoisotopic (exact) mass is 271 g/mol. The van der Waals surface area contributed by atoms with Crippen LogP contribution in [0.1, 0.15) is 5.56 Å². The molecule has 0 fully saturated rings. The van der Waals surface area contributed by atoms with Crippen LogP contribution in [0.15, 0.2) is 30.3 Å². The van der Waals surface area contributed by atoms with Crippen LogP contribution in [0.3, 0.4) is 0 Å². The molecule has 2 aromatic rings. The molecule has 0 N–H and O–H groups in total. The molecule has 0 aromatic heterocycles. The van der Waals surface area contributed by atoms with E-state index in [2.05, 4.69) is 0 Å². The van der Waals surface area contributed by atoms with Crippen LogP contribution < -0.4 is 4.74 Å². The van der Waals surface area contributed by atoms with Gasteiger partial charge in [0.25, 0.3) is 5.69 Å². The maximum absolute atomic E-state index is 13.0. The van der Waals surface area contributed by atoms with Gasteiger partial charge in [-0.15, -0.1) is 0 Å². The molecule has 0 saturated heterocycles. The third-order valence-corrected chi connectivity index (χ3v) is 2.69. The number of hydrogen-bond acceptors (Lipinski definition) is 3. The predicted molar refractivity (Wildman–Crippen MR) is 62.2 cm³/mol. The van der Waals surface area contributed by atoms with Crippen LogP contribution in [0.4, 0.5) is 18.9 Å². The van der Waals surface area contributed by atoms with Gasteiger partial charge in [0.2, 0.25) is 0 Å². The Kier molecular flexibility index (Phi) is 3.05. The molecule has 0 aliphatic rings. The lowest BCUT2D eigenvalue weighted by atomic mass is 10.0. The van der Waals surface area contributed by atoms with Gasteiger partial charge in [-0.3, -0.25) is 10.1 Å². The zero-order chi connectivity index (χ0) is 14.2. The second-order valence-electron chi connectivity index (χ2n) is 3.80. The Hall–Kier alpha value is -2.31. The molecule has 0 unspecified atom stereocenters. The van der Waals surface area contributed by atoms with Gasteiger partial charge in [0.1, 0.15) is 11.3 Å². The summed E-state index contributed by atoms with van der Waals surface area (Å²) in [6.07, 6.45) is -4.81. The first-order valence-electron chi connectivity index (χ1n) is 5.17. The third kappa shape index (κ3) is 2.31. The average Bonchev–Trinajstić information content (AvgIpc) is 2.35. The highest BCUT2D eigenvalue weighted by Gasteiger charge is 2.40. The van der Waals surface area contributed by atoms with E-state index >= 15 is 0 Å². The zero-order valence-electron chi connectivity index (χ0n) is 9.69. The van der Waals surface area contributed by atoms with E-state index in [9.17, 15) is 23.3 Å². The normalized spacial score (nSPS) is 11.6. The van der Waals surface area contributed by atoms with Gasteiger partial charge in [-0.25, -0.2) is 0 Å². The van der Waals surface area contributed by atoms with E-state index in [0.717, 1.165) is 12.1 Å². The number of nitrogens with zero attached hydrogens (tertiary/aromatic N) is 1. The molecule has 0 saturated carbocycles. The maximum atomic E-state index is 13.0. The van der Waals surface area contributed by atoms with E-state index in [-0.39, 0.29) is 16.5 Å². The zero-order valence-corrected chi connectivity index (χ0v) is 9.69. The van der Waals surface area contributed by atoms with Gasteiger partial charge in [-0.1, -0.05) is 6.07 Å². The molecule has 19 heavy (non-hydrogen) atoms. The smallest absolute Gasteiger partial charge is 0.423 e. The van der Waals surface area contributed by atoms with Crippen molar-refractivity contribution in [2.75, 3.05) is 7.11 Å². The van der Waals surface area contributed by atoms with Gasteiger partial charge in [-0.2, -0.15) is 13.2 Å². The SMILES string of the molecule is COc1ccc2ccc([N+](=O)[O-])c(C(F)(F)F)c2c1. The highest BCUT2D eigenvalue weighted by Crippen LogP contribution is 2.41. The molecular weight excluding hydrogens is 263 g/mol. The first kappa shape index (κ1) is 13.1. The van der Waals surface area contributed by atoms with E-state index in [0.29, 0.717) is 0 Å². The van der Waals surface area contributed by atoms with Crippen LogP contribution in [0.2, 0.25) is 0 Å². The van der Waals surface area contributed by atoms with Crippen LogP contribution >= 0.6 is 0 Å². The second kappa shape index (κ2) is 4.42. The van der Waals surface area contributed by atoms with Crippen LogP contribution in [-0.4, -0.2) is 12.0 Å². The van der Waals surface area contributed by atoms with Gasteiger partial charge in [-0.05, 0) is 23.6 Å². The molecule has 2 rings (SSSR count). The first-order valence-corrected chi connectivity index (χ1v) is 5.17. The van der Waals surface area contributed by atoms with Gasteiger partial charge in [0.15, 0.2) is 0 Å². The van der Waals surface area contributed by atoms with E-state index in [1.807, 2.05) is 0 Å². The largest absolute Gasteiger partial charge is 0.497 e. The van der Waals surface area contributed by atoms with E-state index in [1.54, 1.807) is 0 Å². The number of fused-ring (bicyclic) bond motifs is 1. The number of nitro benzene ring substituents is 1. The average molecular weight is 271 g/mol. The van der Waals surface area contributed by atoms with Crippen molar-refractivity contribution in [1.29, 1.82) is 0 Å². The molecule has 0 bridgehead atoms. The van der Waals surface area contributed by atoms with Gasteiger partial charge in [0.05, 0.1) is 12.0 Å². The highest BCUT2D eigenvalue weighted by atomic mass is 19.4. The lowest BCUT2D eigenvalue weighted by molar-refractivity contribution is -0.387. The fourth-order valence-electron chi connectivity index (χ4n) is 1.86. The Bertz CT molecular complexity index is 652. The van der Waals surface area contributed by atoms with Crippen LogP contribution in [-0.2, 0) is 6.18 Å². The summed E-state index contributed by atoms with van der Waals surface area (Å²) in [6.45, 7) is 0. The Balaban J connectivity index is 2.89. The van der Waals surface area contributed by atoms with Crippen molar-refractivity contribution in [1.82, 2.24) is 0 Å². The Morgan fingerprint density at radius 3 is 2.37 bits per heavy atom. The molecular formula is C12H8F3NO3. The van der Waals surface area contributed by atoms with Crippen molar-refractivity contribution < 1.29 is 22.8 Å². The van der Waals surface area contributed by atoms with Gasteiger partial charge < -0.3 is 4.74 Å². The summed E-state index contributed by atoms with van der Waals surface area (Å²) < 4.78 is 43.9. The minimum Gasteiger partial charge on any atom is -0.497 e. The second-order valence-corrected chi connectivity index (χ2v) is 3.80. The molecule has 2 aromatic carbocycles. The molecule has 0 aliphatic carbocycles. The summed E-state index contributed by atoms with van der Waals surface area (Å²) in [4.78, 5) is 9.70. The van der Waals surface area contributed by atoms with Gasteiger partial charge >= 0.3 is 6.18 Å². The summed E-state index contributed by atoms with van der Waals surface area (Å²) in [7, 11) is 1.31. The van der Waals surface area contributed by atoms with E-state index < -0.39 is 22.4 Å². The Labute approximate surface area is 105 Å². The number of ether oxygens (including phenoxy) is 1. The lowest BCUT2D eigenvalue weighted by Crippen LogP contribution is -2.09. The summed E-state index contributed by atoms with van der Waals surface area (Å²) in [5.41, 5.74) is -2.22. The fraction of sp³-hybridized carbons (Fsp3) is 0.167. The van der Waals surface area contributed by atoms with Crippen molar-refractivity contribution in [3.05, 3.63) is 46.0 Å². The summed E-state index contributed by atoms with van der Waals surface area (Å²) in [5, 5.41) is 10.8. The molecule has 4 nitrogen and oxygen atoms in total. The number of rotatable bonds is 2. The highest BCUT2D eigenvalue weighted by molar-refractivity contribution is 5.90. The number of nitro groups is 1. The number of halogens is 3. The quantitative estimate of drug-likeness (QED) is 0.617.